The highest BCUT2D eigenvalue weighted by Gasteiger charge is 2.30. The van der Waals surface area contributed by atoms with Gasteiger partial charge in [-0.25, -0.2) is 9.97 Å². The van der Waals surface area contributed by atoms with Gasteiger partial charge in [-0.1, -0.05) is 208 Å². The molecule has 0 bridgehead atoms. The fourth-order valence-electron chi connectivity index (χ4n) is 9.27. The van der Waals surface area contributed by atoms with Gasteiger partial charge in [0.15, 0.2) is 16.3 Å². The Morgan fingerprint density at radius 2 is 0.790 bits per heavy atom. The van der Waals surface area contributed by atoms with E-state index in [1.54, 1.807) is 23.7 Å². The maximum absolute atomic E-state index is 4.95. The van der Waals surface area contributed by atoms with Crippen LogP contribution in [0, 0.1) is 0 Å². The molecule has 0 aliphatic rings. The van der Waals surface area contributed by atoms with Gasteiger partial charge in [0.25, 0.3) is 0 Å². The second kappa shape index (κ2) is 15.2. The third kappa shape index (κ3) is 6.32. The largest absolute Gasteiger partial charge is 0.266 e. The average molecular weight is 815 g/mol. The Labute approximate surface area is 365 Å². The summed E-state index contributed by atoms with van der Waals surface area (Å²) in [5.74, 6) is 0. The normalized spacial score (nSPS) is 11.8. The highest BCUT2D eigenvalue weighted by atomic mass is 32.1. The fraction of sp³-hybridized carbons (Fsp3) is 0.0702. The molecule has 3 aromatic heterocycles. The molecule has 0 amide bonds. The summed E-state index contributed by atoms with van der Waals surface area (Å²) in [5, 5.41) is 0. The molecule has 0 unspecified atom stereocenters. The molecule has 62 heavy (non-hydrogen) atoms. The second-order valence-electron chi connectivity index (χ2n) is 16.8. The van der Waals surface area contributed by atoms with Gasteiger partial charge < -0.3 is 0 Å². The molecule has 0 atom stereocenters. The lowest BCUT2D eigenvalue weighted by Crippen LogP contribution is -2.13. The lowest BCUT2D eigenvalue weighted by Gasteiger charge is -2.29. The highest BCUT2D eigenvalue weighted by molar-refractivity contribution is 7.24. The minimum absolute atomic E-state index is 0.143. The van der Waals surface area contributed by atoms with E-state index in [2.05, 4.69) is 218 Å². The third-order valence-corrected chi connectivity index (χ3v) is 13.0. The van der Waals surface area contributed by atoms with Crippen LogP contribution in [-0.2, 0) is 5.41 Å². The van der Waals surface area contributed by atoms with Crippen LogP contribution in [0.15, 0.2) is 200 Å². The van der Waals surface area contributed by atoms with Gasteiger partial charge >= 0.3 is 0 Å². The van der Waals surface area contributed by atoms with E-state index in [0.29, 0.717) is 5.65 Å². The number of nitrogens with zero attached hydrogens (tertiary/aromatic N) is 4. The van der Waals surface area contributed by atoms with Gasteiger partial charge in [-0.2, -0.15) is 4.98 Å². The quantitative estimate of drug-likeness (QED) is 0.161. The van der Waals surface area contributed by atoms with Crippen molar-refractivity contribution in [2.24, 2.45) is 0 Å². The predicted molar refractivity (Wildman–Crippen MR) is 260 cm³/mol. The van der Waals surface area contributed by atoms with E-state index < -0.39 is 0 Å². The van der Waals surface area contributed by atoms with Crippen molar-refractivity contribution in [2.75, 3.05) is 0 Å². The maximum Gasteiger partial charge on any atom is 0.199 e. The van der Waals surface area contributed by atoms with Gasteiger partial charge in [0.1, 0.15) is 0 Å². The van der Waals surface area contributed by atoms with Crippen molar-refractivity contribution in [3.8, 4) is 77.9 Å². The van der Waals surface area contributed by atoms with E-state index in [1.807, 2.05) is 0 Å². The van der Waals surface area contributed by atoms with Crippen LogP contribution in [0.2, 0.25) is 0 Å². The molecular formula is C57H42N4S. The number of imidazole rings is 1. The summed E-state index contributed by atoms with van der Waals surface area (Å²) in [6, 6.07) is 68.7. The summed E-state index contributed by atoms with van der Waals surface area (Å²) in [7, 11) is 0. The van der Waals surface area contributed by atoms with Crippen LogP contribution in [0.3, 0.4) is 0 Å². The van der Waals surface area contributed by atoms with E-state index in [1.165, 1.54) is 54.8 Å². The van der Waals surface area contributed by atoms with Crippen molar-refractivity contribution < 1.29 is 0 Å². The third-order valence-electron chi connectivity index (χ3n) is 11.9. The predicted octanol–water partition coefficient (Wildman–Crippen LogP) is 15.5. The van der Waals surface area contributed by atoms with E-state index in [0.717, 1.165) is 49.5 Å². The Morgan fingerprint density at radius 3 is 1.23 bits per heavy atom. The molecule has 3 heterocycles. The first-order chi connectivity index (χ1) is 30.4. The summed E-state index contributed by atoms with van der Waals surface area (Å²) in [6.07, 6.45) is 3.46. The highest BCUT2D eigenvalue weighted by Crippen LogP contribution is 2.56. The van der Waals surface area contributed by atoms with Gasteiger partial charge in [0.2, 0.25) is 0 Å². The van der Waals surface area contributed by atoms with Crippen molar-refractivity contribution >= 4 is 37.8 Å². The number of thiazole rings is 1. The van der Waals surface area contributed by atoms with Crippen LogP contribution < -0.4 is 0 Å². The zero-order chi connectivity index (χ0) is 41.8. The van der Waals surface area contributed by atoms with E-state index in [-0.39, 0.29) is 5.41 Å². The SMILES string of the molecule is CC(C)(C)c1ccc2c(sc3nc4nccnc4n32)c1-c1cccc(-c2c(-c3ccccc3)c(-c3ccccc3)c(-c3ccccc3)c(-c3ccccc3)c2-c2ccccc2)c1. The molecule has 0 aliphatic carbocycles. The molecule has 0 N–H and O–H groups in total. The summed E-state index contributed by atoms with van der Waals surface area (Å²) in [5.41, 5.74) is 20.2. The summed E-state index contributed by atoms with van der Waals surface area (Å²) < 4.78 is 3.36. The number of aromatic nitrogens is 4. The first kappa shape index (κ1) is 37.5. The molecule has 5 heteroatoms. The molecule has 8 aromatic carbocycles. The van der Waals surface area contributed by atoms with E-state index >= 15 is 0 Å². The summed E-state index contributed by atoms with van der Waals surface area (Å²) in [6.45, 7) is 6.92. The molecule has 4 nitrogen and oxygen atoms in total. The Morgan fingerprint density at radius 1 is 0.403 bits per heavy atom. The van der Waals surface area contributed by atoms with Gasteiger partial charge in [-0.3, -0.25) is 4.40 Å². The van der Waals surface area contributed by atoms with Crippen LogP contribution in [0.25, 0.3) is 104 Å². The molecular weight excluding hydrogens is 773 g/mol. The number of rotatable bonds is 7. The van der Waals surface area contributed by atoms with Gasteiger partial charge in [0.05, 0.1) is 10.2 Å². The number of hydrogen-bond donors (Lipinski definition) is 0. The lowest BCUT2D eigenvalue weighted by molar-refractivity contribution is 0.593. The van der Waals surface area contributed by atoms with Crippen LogP contribution >= 0.6 is 11.3 Å². The standard InChI is InChI=1S/C57H42N4S/c1-57(2,3)44-32-33-45-53(62-56-60-54-55(61(45)56)59-35-34-58-54)46(44)42-30-19-31-43(36-42)52-50(40-26-15-7-16-27-40)48(38-22-11-5-12-23-38)47(37-20-9-4-10-21-37)49(39-24-13-6-14-25-39)51(52)41-28-17-8-18-29-41/h4-36H,1-3H3. The van der Waals surface area contributed by atoms with Gasteiger partial charge in [-0.05, 0) is 95.4 Å². The smallest absolute Gasteiger partial charge is 0.199 e. The van der Waals surface area contributed by atoms with Crippen LogP contribution in [0.5, 0.6) is 0 Å². The Hall–Kier alpha value is -7.47. The Kier molecular flexibility index (Phi) is 9.21. The Balaban J connectivity index is 1.32. The van der Waals surface area contributed by atoms with E-state index in [4.69, 9.17) is 9.97 Å². The topological polar surface area (TPSA) is 43.1 Å². The van der Waals surface area contributed by atoms with Crippen molar-refractivity contribution in [1.29, 1.82) is 0 Å². The van der Waals surface area contributed by atoms with Gasteiger partial charge in [-0.15, -0.1) is 0 Å². The second-order valence-corrected chi connectivity index (χ2v) is 17.8. The number of hydrogen-bond acceptors (Lipinski definition) is 4. The zero-order valence-electron chi connectivity index (χ0n) is 34.7. The molecule has 296 valence electrons. The monoisotopic (exact) mass is 814 g/mol. The van der Waals surface area contributed by atoms with Crippen molar-refractivity contribution in [1.82, 2.24) is 19.4 Å². The molecule has 0 saturated heterocycles. The zero-order valence-corrected chi connectivity index (χ0v) is 35.6. The van der Waals surface area contributed by atoms with Crippen molar-refractivity contribution in [2.45, 2.75) is 26.2 Å². The molecule has 0 fully saturated rings. The fourth-order valence-corrected chi connectivity index (χ4v) is 10.5. The van der Waals surface area contributed by atoms with Crippen LogP contribution in [-0.4, -0.2) is 19.4 Å². The van der Waals surface area contributed by atoms with Crippen molar-refractivity contribution in [3.63, 3.8) is 0 Å². The van der Waals surface area contributed by atoms with Gasteiger partial charge in [0, 0.05) is 18.0 Å². The molecule has 11 aromatic rings. The summed E-state index contributed by atoms with van der Waals surface area (Å²) in [4.78, 5) is 15.1. The van der Waals surface area contributed by atoms with Crippen LogP contribution in [0.4, 0.5) is 0 Å². The molecule has 11 rings (SSSR count). The Bertz CT molecular complexity index is 3300. The minimum atomic E-state index is -0.143. The first-order valence-electron chi connectivity index (χ1n) is 21.1. The summed E-state index contributed by atoms with van der Waals surface area (Å²) >= 11 is 1.71. The molecule has 0 aliphatic heterocycles. The van der Waals surface area contributed by atoms with Crippen LogP contribution in [0.1, 0.15) is 26.3 Å². The minimum Gasteiger partial charge on any atom is -0.266 e. The molecule has 0 spiro atoms. The van der Waals surface area contributed by atoms with E-state index in [9.17, 15) is 0 Å². The number of fused-ring (bicyclic) bond motifs is 5. The van der Waals surface area contributed by atoms with Crippen molar-refractivity contribution in [3.05, 3.63) is 206 Å². The molecule has 0 radical (unpaired) electrons. The number of benzene rings is 8. The lowest BCUT2D eigenvalue weighted by atomic mass is 9.74. The average Bonchev–Trinajstić information content (AvgIpc) is 3.88. The maximum atomic E-state index is 4.95. The molecule has 0 saturated carbocycles. The first-order valence-corrected chi connectivity index (χ1v) is 21.9.